The van der Waals surface area contributed by atoms with Gasteiger partial charge in [0.15, 0.2) is 0 Å². The molecule has 2 rings (SSSR count). The van der Waals surface area contributed by atoms with Crippen LogP contribution < -0.4 is 14.8 Å². The van der Waals surface area contributed by atoms with E-state index in [1.165, 1.54) is 0 Å². The van der Waals surface area contributed by atoms with Crippen molar-refractivity contribution >= 4 is 18.3 Å². The average molecular weight is 365 g/mol. The third-order valence-corrected chi connectivity index (χ3v) is 3.91. The first-order valence-electron chi connectivity index (χ1n) is 7.78. The highest BCUT2D eigenvalue weighted by molar-refractivity contribution is 5.94. The van der Waals surface area contributed by atoms with E-state index in [0.29, 0.717) is 17.9 Å². The van der Waals surface area contributed by atoms with Crippen LogP contribution >= 0.6 is 12.4 Å². The topological polar surface area (TPSA) is 50.8 Å². The molecule has 1 atom stereocenters. The van der Waals surface area contributed by atoms with Gasteiger partial charge in [-0.1, -0.05) is 24.3 Å². The number of nitrogens with zero attached hydrogens (tertiary/aromatic N) is 1. The molecule has 1 unspecified atom stereocenters. The fourth-order valence-corrected chi connectivity index (χ4v) is 2.57. The summed E-state index contributed by atoms with van der Waals surface area (Å²) < 4.78 is 10.6. The van der Waals surface area contributed by atoms with E-state index in [1.54, 1.807) is 32.4 Å². The first-order chi connectivity index (χ1) is 11.6. The zero-order chi connectivity index (χ0) is 17.5. The van der Waals surface area contributed by atoms with E-state index in [1.807, 2.05) is 44.4 Å². The predicted molar refractivity (Wildman–Crippen MR) is 102 cm³/mol. The summed E-state index contributed by atoms with van der Waals surface area (Å²) in [6, 6.07) is 15.0. The summed E-state index contributed by atoms with van der Waals surface area (Å²) in [7, 11) is 7.20. The summed E-state index contributed by atoms with van der Waals surface area (Å²) in [6.45, 7) is 0.476. The summed E-state index contributed by atoms with van der Waals surface area (Å²) >= 11 is 0. The maximum atomic E-state index is 12.4. The second-order valence-electron chi connectivity index (χ2n) is 5.66. The number of rotatable bonds is 7. The number of benzene rings is 2. The van der Waals surface area contributed by atoms with E-state index in [0.717, 1.165) is 11.3 Å². The lowest BCUT2D eigenvalue weighted by atomic mass is 10.0. The number of likely N-dealkylation sites (N-methyl/N-ethyl adjacent to an activating group) is 1. The molecule has 1 N–H and O–H groups in total. The SMILES string of the molecule is COc1cccc(C(=O)NCC(c2ccccc2OC)N(C)C)c1.Cl. The quantitative estimate of drug-likeness (QED) is 0.820. The number of halogens is 1. The van der Waals surface area contributed by atoms with Crippen LogP contribution in [0, 0.1) is 0 Å². The van der Waals surface area contributed by atoms with Crippen molar-refractivity contribution in [2.24, 2.45) is 0 Å². The maximum Gasteiger partial charge on any atom is 0.251 e. The molecule has 0 aliphatic rings. The van der Waals surface area contributed by atoms with Gasteiger partial charge >= 0.3 is 0 Å². The van der Waals surface area contributed by atoms with Crippen LogP contribution in [0.2, 0.25) is 0 Å². The first-order valence-corrected chi connectivity index (χ1v) is 7.78. The Kier molecular flexibility index (Phi) is 8.25. The monoisotopic (exact) mass is 364 g/mol. The number of carbonyl (C=O) groups is 1. The highest BCUT2D eigenvalue weighted by atomic mass is 35.5. The number of ether oxygens (including phenoxy) is 2. The van der Waals surface area contributed by atoms with Gasteiger partial charge < -0.3 is 19.7 Å². The maximum absolute atomic E-state index is 12.4. The van der Waals surface area contributed by atoms with Crippen molar-refractivity contribution in [3.05, 3.63) is 59.7 Å². The molecule has 2 aromatic carbocycles. The normalized spacial score (nSPS) is 11.4. The summed E-state index contributed by atoms with van der Waals surface area (Å²) in [4.78, 5) is 14.5. The molecule has 1 amide bonds. The van der Waals surface area contributed by atoms with Crippen LogP contribution in [0.3, 0.4) is 0 Å². The molecular weight excluding hydrogens is 340 g/mol. The van der Waals surface area contributed by atoms with Crippen molar-refractivity contribution in [2.45, 2.75) is 6.04 Å². The molecule has 0 spiro atoms. The third kappa shape index (κ3) is 5.37. The number of nitrogens with one attached hydrogen (secondary N) is 1. The lowest BCUT2D eigenvalue weighted by Gasteiger charge is -2.26. The largest absolute Gasteiger partial charge is 0.497 e. The number of methoxy groups -OCH3 is 2. The van der Waals surface area contributed by atoms with Gasteiger partial charge in [-0.05, 0) is 38.4 Å². The molecule has 0 saturated heterocycles. The Labute approximate surface area is 155 Å². The minimum absolute atomic E-state index is 0. The van der Waals surface area contributed by atoms with Crippen LogP contribution in [0.4, 0.5) is 0 Å². The summed E-state index contributed by atoms with van der Waals surface area (Å²) in [5.74, 6) is 1.35. The van der Waals surface area contributed by atoms with E-state index in [4.69, 9.17) is 9.47 Å². The Morgan fingerprint density at radius 2 is 1.80 bits per heavy atom. The van der Waals surface area contributed by atoms with Gasteiger partial charge in [-0.2, -0.15) is 0 Å². The predicted octanol–water partition coefficient (Wildman–Crippen LogP) is 3.16. The van der Waals surface area contributed by atoms with Crippen molar-refractivity contribution < 1.29 is 14.3 Å². The van der Waals surface area contributed by atoms with E-state index >= 15 is 0 Å². The van der Waals surface area contributed by atoms with E-state index in [2.05, 4.69) is 10.2 Å². The molecule has 2 aromatic rings. The van der Waals surface area contributed by atoms with Gasteiger partial charge in [0.1, 0.15) is 11.5 Å². The zero-order valence-electron chi connectivity index (χ0n) is 15.0. The molecule has 0 aliphatic carbocycles. The Morgan fingerprint density at radius 1 is 1.08 bits per heavy atom. The Hall–Kier alpha value is -2.24. The smallest absolute Gasteiger partial charge is 0.251 e. The minimum atomic E-state index is -0.129. The minimum Gasteiger partial charge on any atom is -0.497 e. The first kappa shape index (κ1) is 20.8. The molecular formula is C19H25ClN2O3. The van der Waals surface area contributed by atoms with Gasteiger partial charge in [-0.25, -0.2) is 0 Å². The van der Waals surface area contributed by atoms with E-state index < -0.39 is 0 Å². The second-order valence-corrected chi connectivity index (χ2v) is 5.66. The molecule has 0 bridgehead atoms. The number of para-hydroxylation sites is 1. The molecule has 0 radical (unpaired) electrons. The lowest BCUT2D eigenvalue weighted by Crippen LogP contribution is -2.34. The number of hydrogen-bond donors (Lipinski definition) is 1. The number of carbonyl (C=O) groups excluding carboxylic acids is 1. The molecule has 6 heteroatoms. The highest BCUT2D eigenvalue weighted by Crippen LogP contribution is 2.27. The number of hydrogen-bond acceptors (Lipinski definition) is 4. The van der Waals surface area contributed by atoms with Crippen molar-refractivity contribution in [2.75, 3.05) is 34.9 Å². The highest BCUT2D eigenvalue weighted by Gasteiger charge is 2.19. The van der Waals surface area contributed by atoms with Crippen molar-refractivity contribution in [1.29, 1.82) is 0 Å². The van der Waals surface area contributed by atoms with Crippen LogP contribution in [-0.4, -0.2) is 45.7 Å². The molecule has 5 nitrogen and oxygen atoms in total. The number of amides is 1. The Balaban J connectivity index is 0.00000312. The van der Waals surface area contributed by atoms with Gasteiger partial charge in [-0.15, -0.1) is 12.4 Å². The second kappa shape index (κ2) is 9.91. The van der Waals surface area contributed by atoms with Gasteiger partial charge in [-0.3, -0.25) is 4.79 Å². The molecule has 0 fully saturated rings. The van der Waals surface area contributed by atoms with Crippen LogP contribution in [0.5, 0.6) is 11.5 Å². The zero-order valence-corrected chi connectivity index (χ0v) is 15.8. The molecule has 0 aliphatic heterocycles. The standard InChI is InChI=1S/C19H24N2O3.ClH/c1-21(2)17(16-10-5-6-11-18(16)24-4)13-20-19(22)14-8-7-9-15(12-14)23-3;/h5-12,17H,13H2,1-4H3,(H,20,22);1H. The lowest BCUT2D eigenvalue weighted by molar-refractivity contribution is 0.0941. The molecule has 0 saturated carbocycles. The summed E-state index contributed by atoms with van der Waals surface area (Å²) in [5, 5.41) is 2.99. The van der Waals surface area contributed by atoms with Crippen LogP contribution in [0.25, 0.3) is 0 Å². The Morgan fingerprint density at radius 3 is 2.44 bits per heavy atom. The van der Waals surface area contributed by atoms with Crippen molar-refractivity contribution in [3.63, 3.8) is 0 Å². The average Bonchev–Trinajstić information content (AvgIpc) is 2.61. The Bertz CT molecular complexity index is 692. The van der Waals surface area contributed by atoms with E-state index in [-0.39, 0.29) is 24.4 Å². The van der Waals surface area contributed by atoms with Crippen LogP contribution in [0.15, 0.2) is 48.5 Å². The fraction of sp³-hybridized carbons (Fsp3) is 0.316. The van der Waals surface area contributed by atoms with Crippen LogP contribution in [0.1, 0.15) is 22.0 Å². The van der Waals surface area contributed by atoms with Crippen molar-refractivity contribution in [1.82, 2.24) is 10.2 Å². The van der Waals surface area contributed by atoms with Gasteiger partial charge in [0, 0.05) is 17.7 Å². The molecule has 0 heterocycles. The van der Waals surface area contributed by atoms with E-state index in [9.17, 15) is 4.79 Å². The third-order valence-electron chi connectivity index (χ3n) is 3.91. The molecule has 25 heavy (non-hydrogen) atoms. The van der Waals surface area contributed by atoms with Gasteiger partial charge in [0.25, 0.3) is 5.91 Å². The summed E-state index contributed by atoms with van der Waals surface area (Å²) in [5.41, 5.74) is 1.61. The summed E-state index contributed by atoms with van der Waals surface area (Å²) in [6.07, 6.45) is 0. The van der Waals surface area contributed by atoms with Gasteiger partial charge in [0.05, 0.1) is 20.3 Å². The van der Waals surface area contributed by atoms with Gasteiger partial charge in [0.2, 0.25) is 0 Å². The molecule has 136 valence electrons. The van der Waals surface area contributed by atoms with Crippen molar-refractivity contribution in [3.8, 4) is 11.5 Å². The fourth-order valence-electron chi connectivity index (χ4n) is 2.57. The van der Waals surface area contributed by atoms with Crippen LogP contribution in [-0.2, 0) is 0 Å². The molecule has 0 aromatic heterocycles.